The average Bonchev–Trinajstić information content (AvgIpc) is 3.40. The highest BCUT2D eigenvalue weighted by molar-refractivity contribution is 6.05. The molecule has 1 amide bonds. The zero-order valence-corrected chi connectivity index (χ0v) is 15.9. The van der Waals surface area contributed by atoms with E-state index in [0.717, 1.165) is 31.5 Å². The molecule has 0 atom stereocenters. The predicted molar refractivity (Wildman–Crippen MR) is 109 cm³/mol. The molecule has 29 heavy (non-hydrogen) atoms. The Hall–Kier alpha value is -3.68. The molecule has 1 N–H and O–H groups in total. The minimum absolute atomic E-state index is 0.0451. The van der Waals surface area contributed by atoms with Crippen LogP contribution in [-0.2, 0) is 0 Å². The monoisotopic (exact) mass is 392 g/mol. The van der Waals surface area contributed by atoms with Crippen LogP contribution in [0.3, 0.4) is 0 Å². The van der Waals surface area contributed by atoms with E-state index in [-0.39, 0.29) is 11.3 Å². The fourth-order valence-electron chi connectivity index (χ4n) is 3.46. The third-order valence-electron chi connectivity index (χ3n) is 4.94. The minimum atomic E-state index is -0.431. The number of aromatic nitrogens is 1. The molecule has 8 heteroatoms. The quantitative estimate of drug-likeness (QED) is 0.510. The van der Waals surface area contributed by atoms with Gasteiger partial charge in [0.15, 0.2) is 5.89 Å². The Morgan fingerprint density at radius 3 is 2.52 bits per heavy atom. The third kappa shape index (κ3) is 3.96. The fraction of sp³-hybridized carbons (Fsp3) is 0.238. The van der Waals surface area contributed by atoms with Gasteiger partial charge in [-0.2, -0.15) is 0 Å². The van der Waals surface area contributed by atoms with Crippen molar-refractivity contribution < 1.29 is 14.1 Å². The number of rotatable bonds is 5. The summed E-state index contributed by atoms with van der Waals surface area (Å²) in [6, 6.07) is 11.8. The van der Waals surface area contributed by atoms with Crippen molar-refractivity contribution in [3.63, 3.8) is 0 Å². The van der Waals surface area contributed by atoms with Gasteiger partial charge in [-0.05, 0) is 37.1 Å². The summed E-state index contributed by atoms with van der Waals surface area (Å²) in [5.74, 6) is 0.183. The van der Waals surface area contributed by atoms with Gasteiger partial charge in [-0.3, -0.25) is 14.9 Å². The van der Waals surface area contributed by atoms with Gasteiger partial charge in [-0.1, -0.05) is 12.1 Å². The van der Waals surface area contributed by atoms with E-state index in [0.29, 0.717) is 23.0 Å². The van der Waals surface area contributed by atoms with Crippen molar-refractivity contribution in [3.05, 3.63) is 70.3 Å². The molecule has 2 heterocycles. The van der Waals surface area contributed by atoms with Gasteiger partial charge >= 0.3 is 0 Å². The Balaban J connectivity index is 1.52. The largest absolute Gasteiger partial charge is 0.449 e. The van der Waals surface area contributed by atoms with Crippen molar-refractivity contribution in [2.75, 3.05) is 23.3 Å². The van der Waals surface area contributed by atoms with Gasteiger partial charge in [-0.25, -0.2) is 4.98 Å². The topological polar surface area (TPSA) is 102 Å². The SMILES string of the molecule is Cc1nc(-c2ccc(NC(=O)c3ccc(N4CCCC4)c([N+](=O)[O-])c3)cc2)co1. The normalized spacial score (nSPS) is 13.5. The van der Waals surface area contributed by atoms with Crippen LogP contribution in [-0.4, -0.2) is 28.9 Å². The smallest absolute Gasteiger partial charge is 0.293 e. The van der Waals surface area contributed by atoms with Crippen LogP contribution in [0.5, 0.6) is 0 Å². The zero-order valence-electron chi connectivity index (χ0n) is 15.9. The summed E-state index contributed by atoms with van der Waals surface area (Å²) in [5.41, 5.74) is 2.94. The second kappa shape index (κ2) is 7.75. The summed E-state index contributed by atoms with van der Waals surface area (Å²) in [4.78, 5) is 29.9. The molecule has 1 aromatic heterocycles. The van der Waals surface area contributed by atoms with Crippen molar-refractivity contribution in [1.82, 2.24) is 4.98 Å². The molecule has 1 aliphatic heterocycles. The van der Waals surface area contributed by atoms with Crippen LogP contribution < -0.4 is 10.2 Å². The maximum atomic E-state index is 12.6. The molecular formula is C21H20N4O4. The number of oxazole rings is 1. The number of nitrogens with one attached hydrogen (secondary N) is 1. The highest BCUT2D eigenvalue weighted by atomic mass is 16.6. The molecule has 3 aromatic rings. The summed E-state index contributed by atoms with van der Waals surface area (Å²) in [6.45, 7) is 3.36. The molecule has 148 valence electrons. The predicted octanol–water partition coefficient (Wildman–Crippen LogP) is 4.41. The van der Waals surface area contributed by atoms with Crippen molar-refractivity contribution in [1.29, 1.82) is 0 Å². The van der Waals surface area contributed by atoms with Gasteiger partial charge < -0.3 is 14.6 Å². The number of nitro groups is 1. The molecule has 0 aliphatic carbocycles. The molecular weight excluding hydrogens is 372 g/mol. The molecule has 4 rings (SSSR count). The van der Waals surface area contributed by atoms with Gasteiger partial charge in [0.1, 0.15) is 17.6 Å². The number of carbonyl (C=O) groups is 1. The zero-order chi connectivity index (χ0) is 20.4. The van der Waals surface area contributed by atoms with Gasteiger partial charge in [0.05, 0.1) is 4.92 Å². The number of hydrogen-bond acceptors (Lipinski definition) is 6. The van der Waals surface area contributed by atoms with E-state index in [9.17, 15) is 14.9 Å². The number of hydrogen-bond donors (Lipinski definition) is 1. The fourth-order valence-corrected chi connectivity index (χ4v) is 3.46. The molecule has 1 saturated heterocycles. The maximum absolute atomic E-state index is 12.6. The number of amides is 1. The van der Waals surface area contributed by atoms with Crippen LogP contribution in [0.15, 0.2) is 53.1 Å². The Morgan fingerprint density at radius 2 is 1.90 bits per heavy atom. The van der Waals surface area contributed by atoms with Gasteiger partial charge in [0, 0.05) is 42.9 Å². The lowest BCUT2D eigenvalue weighted by Gasteiger charge is -2.17. The Morgan fingerprint density at radius 1 is 1.17 bits per heavy atom. The van der Waals surface area contributed by atoms with Crippen LogP contribution in [0, 0.1) is 17.0 Å². The van der Waals surface area contributed by atoms with Crippen LogP contribution in [0.1, 0.15) is 29.1 Å². The van der Waals surface area contributed by atoms with Crippen molar-refractivity contribution in [2.24, 2.45) is 0 Å². The number of aryl methyl sites for hydroxylation is 1. The van der Waals surface area contributed by atoms with E-state index in [4.69, 9.17) is 4.42 Å². The average molecular weight is 392 g/mol. The van der Waals surface area contributed by atoms with Crippen molar-refractivity contribution >= 4 is 23.0 Å². The summed E-state index contributed by atoms with van der Waals surface area (Å²) >= 11 is 0. The molecule has 1 fully saturated rings. The Bertz CT molecular complexity index is 1050. The first-order valence-electron chi connectivity index (χ1n) is 9.38. The number of anilines is 2. The van der Waals surface area contributed by atoms with E-state index in [1.54, 1.807) is 37.5 Å². The van der Waals surface area contributed by atoms with Crippen LogP contribution in [0.4, 0.5) is 17.1 Å². The summed E-state index contributed by atoms with van der Waals surface area (Å²) < 4.78 is 5.21. The number of nitro benzene ring substituents is 1. The first-order chi connectivity index (χ1) is 14.0. The maximum Gasteiger partial charge on any atom is 0.293 e. The summed E-state index contributed by atoms with van der Waals surface area (Å²) in [7, 11) is 0. The van der Waals surface area contributed by atoms with Crippen LogP contribution in [0.25, 0.3) is 11.3 Å². The van der Waals surface area contributed by atoms with Crippen molar-refractivity contribution in [3.8, 4) is 11.3 Å². The van der Waals surface area contributed by atoms with E-state index in [1.807, 2.05) is 17.0 Å². The molecule has 1 aliphatic rings. The van der Waals surface area contributed by atoms with E-state index < -0.39 is 10.8 Å². The first kappa shape index (κ1) is 18.7. The molecule has 0 bridgehead atoms. The van der Waals surface area contributed by atoms with E-state index in [2.05, 4.69) is 10.3 Å². The first-order valence-corrected chi connectivity index (χ1v) is 9.38. The van der Waals surface area contributed by atoms with E-state index >= 15 is 0 Å². The van der Waals surface area contributed by atoms with E-state index in [1.165, 1.54) is 6.07 Å². The standard InChI is InChI=1S/C21H20N4O4/c1-14-22-18(13-29-14)15-4-7-17(8-5-15)23-21(26)16-6-9-19(20(12-16)25(27)28)24-10-2-3-11-24/h4-9,12-13H,2-3,10-11H2,1H3,(H,23,26). The molecule has 2 aromatic carbocycles. The minimum Gasteiger partial charge on any atom is -0.449 e. The number of benzene rings is 2. The van der Waals surface area contributed by atoms with Crippen LogP contribution >= 0.6 is 0 Å². The molecule has 0 spiro atoms. The third-order valence-corrected chi connectivity index (χ3v) is 4.94. The Labute approximate surface area is 167 Å². The second-order valence-corrected chi connectivity index (χ2v) is 6.94. The molecule has 0 unspecified atom stereocenters. The van der Waals surface area contributed by atoms with Gasteiger partial charge in [-0.15, -0.1) is 0 Å². The summed E-state index contributed by atoms with van der Waals surface area (Å²) in [6.07, 6.45) is 3.61. The number of nitrogens with zero attached hydrogens (tertiary/aromatic N) is 3. The highest BCUT2D eigenvalue weighted by Gasteiger charge is 2.23. The lowest BCUT2D eigenvalue weighted by molar-refractivity contribution is -0.384. The molecule has 0 saturated carbocycles. The Kier molecular flexibility index (Phi) is 4.99. The molecule has 8 nitrogen and oxygen atoms in total. The summed E-state index contributed by atoms with van der Waals surface area (Å²) in [5, 5.41) is 14.3. The lowest BCUT2D eigenvalue weighted by Crippen LogP contribution is -2.19. The highest BCUT2D eigenvalue weighted by Crippen LogP contribution is 2.32. The second-order valence-electron chi connectivity index (χ2n) is 6.94. The number of carbonyl (C=O) groups excluding carboxylic acids is 1. The van der Waals surface area contributed by atoms with Crippen LogP contribution in [0.2, 0.25) is 0 Å². The lowest BCUT2D eigenvalue weighted by atomic mass is 10.1. The van der Waals surface area contributed by atoms with Gasteiger partial charge in [0.2, 0.25) is 0 Å². The van der Waals surface area contributed by atoms with Gasteiger partial charge in [0.25, 0.3) is 11.6 Å². The molecule has 0 radical (unpaired) electrons. The van der Waals surface area contributed by atoms with Crippen molar-refractivity contribution in [2.45, 2.75) is 19.8 Å².